The molecule has 3 aromatic rings. The van der Waals surface area contributed by atoms with Gasteiger partial charge in [0.15, 0.2) is 0 Å². The number of rotatable bonds is 14. The molecule has 4 bridgehead atoms. The summed E-state index contributed by atoms with van der Waals surface area (Å²) < 4.78 is 31.7. The highest BCUT2D eigenvalue weighted by Gasteiger charge is 2.44. The van der Waals surface area contributed by atoms with Crippen molar-refractivity contribution in [2.75, 3.05) is 26.2 Å². The second-order valence-corrected chi connectivity index (χ2v) is 18.9. The molecule has 340 valence electrons. The van der Waals surface area contributed by atoms with Crippen LogP contribution in [-0.4, -0.2) is 77.4 Å². The number of benzene rings is 3. The molecule has 2 saturated heterocycles. The molecule has 0 spiro atoms. The Bertz CT molecular complexity index is 1820. The van der Waals surface area contributed by atoms with Gasteiger partial charge in [-0.05, 0) is 161 Å². The number of hydrogen-bond acceptors (Lipinski definition) is 5. The van der Waals surface area contributed by atoms with E-state index in [1.807, 2.05) is 0 Å². The zero-order valence-electron chi connectivity index (χ0n) is 36.4. The van der Waals surface area contributed by atoms with Gasteiger partial charge in [-0.3, -0.25) is 9.80 Å². The molecule has 0 radical (unpaired) electrons. The maximum Gasteiger partial charge on any atom is 0.490 e. The molecule has 4 atom stereocenters. The molecule has 2 aliphatic carbocycles. The monoisotopic (exact) mass is 871 g/mol. The van der Waals surface area contributed by atoms with E-state index in [2.05, 4.69) is 104 Å². The van der Waals surface area contributed by atoms with Crippen LogP contribution < -0.4 is 21.3 Å². The molecule has 5 N–H and O–H groups in total. The van der Waals surface area contributed by atoms with Gasteiger partial charge in [-0.1, -0.05) is 72.8 Å². The number of carboxylic acids is 1. The van der Waals surface area contributed by atoms with E-state index in [0.29, 0.717) is 37.3 Å². The lowest BCUT2D eigenvalue weighted by Crippen LogP contribution is -2.44. The van der Waals surface area contributed by atoms with Crippen molar-refractivity contribution in [1.82, 2.24) is 31.1 Å². The van der Waals surface area contributed by atoms with Crippen LogP contribution in [0.1, 0.15) is 147 Å². The van der Waals surface area contributed by atoms with Crippen LogP contribution in [0.4, 0.5) is 22.8 Å². The molecule has 4 fully saturated rings. The SMILES string of the molecule is O=C(NCCc1ccc(CCNC(=O)NC2CCC(CCN3[C@@H]4CC[C@H]3c3ccccc34)CC2)cc1)NC1CCC(CCN2[C@@H]3CC[C@H]2c2ccccc23)CC1.O=C(O)C(F)(F)F. The van der Waals surface area contributed by atoms with E-state index in [1.54, 1.807) is 22.3 Å². The first-order valence-electron chi connectivity index (χ1n) is 23.7. The summed E-state index contributed by atoms with van der Waals surface area (Å²) in [4.78, 5) is 39.8. The second kappa shape index (κ2) is 20.5. The number of nitrogens with zero attached hydrogens (tertiary/aromatic N) is 2. The van der Waals surface area contributed by atoms with Gasteiger partial charge < -0.3 is 26.4 Å². The number of nitrogens with one attached hydrogen (secondary N) is 4. The first-order valence-corrected chi connectivity index (χ1v) is 23.7. The number of fused-ring (bicyclic) bond motifs is 10. The van der Waals surface area contributed by atoms with E-state index in [9.17, 15) is 22.8 Å². The van der Waals surface area contributed by atoms with Crippen LogP contribution in [-0.2, 0) is 17.6 Å². The van der Waals surface area contributed by atoms with Crippen LogP contribution in [0.25, 0.3) is 0 Å². The molecule has 4 amide bonds. The summed E-state index contributed by atoms with van der Waals surface area (Å²) in [5, 5.41) is 19.8. The van der Waals surface area contributed by atoms with Crippen molar-refractivity contribution in [3.05, 3.63) is 106 Å². The van der Waals surface area contributed by atoms with Crippen LogP contribution >= 0.6 is 0 Å². The number of aliphatic carboxylic acids is 1. The van der Waals surface area contributed by atoms with E-state index < -0.39 is 12.1 Å². The van der Waals surface area contributed by atoms with Crippen LogP contribution in [0.2, 0.25) is 0 Å². The molecule has 9 rings (SSSR count). The fourth-order valence-corrected chi connectivity index (χ4v) is 11.8. The topological polar surface area (TPSA) is 126 Å². The second-order valence-electron chi connectivity index (χ2n) is 18.9. The van der Waals surface area contributed by atoms with Crippen molar-refractivity contribution in [1.29, 1.82) is 0 Å². The van der Waals surface area contributed by atoms with Gasteiger partial charge in [0.05, 0.1) is 0 Å². The molecule has 4 aliphatic heterocycles. The highest BCUT2D eigenvalue weighted by molar-refractivity contribution is 5.74. The number of urea groups is 2. The average Bonchev–Trinajstić information content (AvgIpc) is 4.05. The molecule has 4 heterocycles. The number of amides is 4. The standard InChI is InChI=1S/C48H64N6O2.C2HF3O2/c55-47(51-37-17-13-35(14-18-37)27-31-53-43-21-22-44(53)40-6-2-1-5-39(40)43)49-29-25-33-9-11-34(12-10-33)26-30-50-48(56)52-38-19-15-36(16-20-38)28-32-54-45-23-24-46(54)42-8-4-3-7-41(42)45;3-2(4,5)1(6)7/h1-12,35-38,43-46H,13-32H2,(H2,49,51,55)(H2,50,52,56);(H,6,7)/t35?,36?,37?,38?,43-,44+,45-,46+;. The normalized spacial score (nSPS) is 27.2. The van der Waals surface area contributed by atoms with Crippen LogP contribution in [0.15, 0.2) is 72.8 Å². The maximum atomic E-state index is 12.7. The number of carboxylic acid groups (broad SMARTS) is 1. The highest BCUT2D eigenvalue weighted by atomic mass is 19.4. The lowest BCUT2D eigenvalue weighted by molar-refractivity contribution is -0.192. The summed E-state index contributed by atoms with van der Waals surface area (Å²) >= 11 is 0. The third kappa shape index (κ3) is 11.2. The van der Waals surface area contributed by atoms with Crippen molar-refractivity contribution >= 4 is 18.0 Å². The summed E-state index contributed by atoms with van der Waals surface area (Å²) in [6.45, 7) is 3.66. The molecule has 0 aromatic heterocycles. The van der Waals surface area contributed by atoms with Gasteiger partial charge in [0, 0.05) is 49.3 Å². The van der Waals surface area contributed by atoms with Gasteiger partial charge >= 0.3 is 24.2 Å². The Morgan fingerprint density at radius 2 is 0.841 bits per heavy atom. The summed E-state index contributed by atoms with van der Waals surface area (Å²) in [5.41, 5.74) is 8.74. The van der Waals surface area contributed by atoms with Gasteiger partial charge in [0.2, 0.25) is 0 Å². The zero-order chi connectivity index (χ0) is 43.9. The molecule has 2 saturated carbocycles. The number of alkyl halides is 3. The molecular weight excluding hydrogens is 806 g/mol. The first-order chi connectivity index (χ1) is 30.5. The first kappa shape index (κ1) is 45.0. The highest BCUT2D eigenvalue weighted by Crippen LogP contribution is 2.54. The lowest BCUT2D eigenvalue weighted by Gasteiger charge is -2.31. The Hall–Kier alpha value is -4.62. The minimum atomic E-state index is -5.08. The smallest absolute Gasteiger partial charge is 0.475 e. The van der Waals surface area contributed by atoms with Gasteiger partial charge in [-0.25, -0.2) is 14.4 Å². The minimum absolute atomic E-state index is 0.0374. The largest absolute Gasteiger partial charge is 0.490 e. The maximum absolute atomic E-state index is 12.7. The molecule has 3 aromatic carbocycles. The number of hydrogen-bond donors (Lipinski definition) is 5. The van der Waals surface area contributed by atoms with E-state index in [4.69, 9.17) is 9.90 Å². The van der Waals surface area contributed by atoms with Crippen molar-refractivity contribution in [3.8, 4) is 0 Å². The van der Waals surface area contributed by atoms with Gasteiger partial charge in [-0.2, -0.15) is 13.2 Å². The molecule has 63 heavy (non-hydrogen) atoms. The number of carbonyl (C=O) groups is 3. The van der Waals surface area contributed by atoms with Crippen molar-refractivity contribution in [3.63, 3.8) is 0 Å². The third-order valence-corrected chi connectivity index (χ3v) is 15.1. The quantitative estimate of drug-likeness (QED) is 0.110. The Labute approximate surface area is 370 Å². The van der Waals surface area contributed by atoms with Crippen molar-refractivity contribution < 1.29 is 32.7 Å². The predicted molar refractivity (Wildman–Crippen MR) is 237 cm³/mol. The predicted octanol–water partition coefficient (Wildman–Crippen LogP) is 9.68. The summed E-state index contributed by atoms with van der Waals surface area (Å²) in [6.07, 6.45) is 13.5. The van der Waals surface area contributed by atoms with E-state index in [0.717, 1.165) is 50.4 Å². The summed E-state index contributed by atoms with van der Waals surface area (Å²) in [5.74, 6) is -1.21. The fraction of sp³-hybridized carbons (Fsp3) is 0.580. The fourth-order valence-electron chi connectivity index (χ4n) is 11.8. The molecule has 0 unspecified atom stereocenters. The average molecular weight is 871 g/mol. The van der Waals surface area contributed by atoms with Gasteiger partial charge in [-0.15, -0.1) is 0 Å². The Morgan fingerprint density at radius 1 is 0.524 bits per heavy atom. The van der Waals surface area contributed by atoms with E-state index >= 15 is 0 Å². The van der Waals surface area contributed by atoms with E-state index in [-0.39, 0.29) is 24.1 Å². The summed E-state index contributed by atoms with van der Waals surface area (Å²) in [7, 11) is 0. The Morgan fingerprint density at radius 3 is 1.14 bits per heavy atom. The van der Waals surface area contributed by atoms with Crippen molar-refractivity contribution in [2.24, 2.45) is 11.8 Å². The van der Waals surface area contributed by atoms with Crippen LogP contribution in [0, 0.1) is 11.8 Å². The van der Waals surface area contributed by atoms with E-state index in [1.165, 1.54) is 88.4 Å². The third-order valence-electron chi connectivity index (χ3n) is 15.1. The summed E-state index contributed by atoms with van der Waals surface area (Å²) in [6, 6.07) is 29.8. The molecular formula is C50H65F3N6O4. The molecule has 6 aliphatic rings. The van der Waals surface area contributed by atoms with Crippen LogP contribution in [0.5, 0.6) is 0 Å². The Kier molecular flexibility index (Phi) is 14.6. The lowest BCUT2D eigenvalue weighted by atomic mass is 9.84. The number of halogens is 3. The van der Waals surface area contributed by atoms with Crippen LogP contribution in [0.3, 0.4) is 0 Å². The molecule has 13 heteroatoms. The van der Waals surface area contributed by atoms with Gasteiger partial charge in [0.25, 0.3) is 0 Å². The number of carbonyl (C=O) groups excluding carboxylic acids is 2. The Balaban J connectivity index is 0.000000719. The van der Waals surface area contributed by atoms with Gasteiger partial charge in [0.1, 0.15) is 0 Å². The zero-order valence-corrected chi connectivity index (χ0v) is 36.4. The minimum Gasteiger partial charge on any atom is -0.475 e. The molecule has 10 nitrogen and oxygen atoms in total. The van der Waals surface area contributed by atoms with Crippen molar-refractivity contribution in [2.45, 2.75) is 145 Å².